The van der Waals surface area contributed by atoms with Gasteiger partial charge >= 0.3 is 0 Å². The largest absolute Gasteiger partial charge is 0.506 e. The normalized spacial score (nSPS) is 12.2. The van der Waals surface area contributed by atoms with Gasteiger partial charge in [0.2, 0.25) is 10.0 Å². The van der Waals surface area contributed by atoms with Crippen LogP contribution in [-0.4, -0.2) is 27.7 Å². The minimum atomic E-state index is -4.00. The maximum Gasteiger partial charge on any atom is 0.261 e. The number of phenols is 1. The summed E-state index contributed by atoms with van der Waals surface area (Å²) in [5, 5.41) is 10.2. The molecule has 0 aliphatic heterocycles. The molecule has 0 heterocycles. The highest BCUT2D eigenvalue weighted by molar-refractivity contribution is 7.93. The zero-order valence-electron chi connectivity index (χ0n) is 14.1. The summed E-state index contributed by atoms with van der Waals surface area (Å²) in [4.78, 5) is -0.211. The molecule has 0 radical (unpaired) electrons. The van der Waals surface area contributed by atoms with E-state index in [0.717, 1.165) is 12.1 Å². The van der Waals surface area contributed by atoms with Crippen molar-refractivity contribution in [1.82, 2.24) is 0 Å². The third kappa shape index (κ3) is 5.52. The maximum atomic E-state index is 12.5. The molecule has 0 saturated carbocycles. The Balaban J connectivity index is 2.33. The van der Waals surface area contributed by atoms with Crippen LogP contribution in [0.5, 0.6) is 5.75 Å². The number of anilines is 2. The smallest absolute Gasteiger partial charge is 0.261 e. The van der Waals surface area contributed by atoms with Crippen LogP contribution in [0.3, 0.4) is 0 Å². The summed E-state index contributed by atoms with van der Waals surface area (Å²) in [6.07, 6.45) is 0. The number of hydrogen-bond acceptors (Lipinski definition) is 5. The van der Waals surface area contributed by atoms with Crippen LogP contribution in [0.15, 0.2) is 47.4 Å². The van der Waals surface area contributed by atoms with Crippen LogP contribution in [0.25, 0.3) is 0 Å². The Morgan fingerprint density at radius 1 is 1.04 bits per heavy atom. The summed E-state index contributed by atoms with van der Waals surface area (Å²) >= 11 is 5.84. The summed E-state index contributed by atoms with van der Waals surface area (Å²) in [6, 6.07) is 9.48. The molecule has 3 N–H and O–H groups in total. The first-order valence-electron chi connectivity index (χ1n) is 7.60. The third-order valence-corrected chi connectivity index (χ3v) is 6.42. The quantitative estimate of drug-likeness (QED) is 0.597. The standard InChI is InChI=1S/C16H19ClN2O5S2/c1-11(2)10-25(21,22)19-15-9-14(6-7-16(15)20)26(23,24)18-13-5-3-4-12(17)8-13/h3-9,11,18-20H,10H2,1-2H3. The first kappa shape index (κ1) is 20.3. The topological polar surface area (TPSA) is 113 Å². The summed E-state index contributed by atoms with van der Waals surface area (Å²) in [5.74, 6) is -0.672. The minimum absolute atomic E-state index is 0.133. The first-order chi connectivity index (χ1) is 12.0. The lowest BCUT2D eigenvalue weighted by Gasteiger charge is -2.13. The van der Waals surface area contributed by atoms with Gasteiger partial charge in [0.15, 0.2) is 0 Å². The van der Waals surface area contributed by atoms with Crippen molar-refractivity contribution in [2.24, 2.45) is 5.92 Å². The van der Waals surface area contributed by atoms with E-state index in [-0.39, 0.29) is 33.7 Å². The van der Waals surface area contributed by atoms with Crippen molar-refractivity contribution < 1.29 is 21.9 Å². The fourth-order valence-corrected chi connectivity index (χ4v) is 4.90. The Morgan fingerprint density at radius 3 is 2.35 bits per heavy atom. The molecule has 0 fully saturated rings. The van der Waals surface area contributed by atoms with Crippen molar-refractivity contribution in [2.75, 3.05) is 15.2 Å². The molecular weight excluding hydrogens is 400 g/mol. The van der Waals surface area contributed by atoms with E-state index in [0.29, 0.717) is 5.02 Å². The second kappa shape index (κ2) is 7.73. The summed E-state index contributed by atoms with van der Waals surface area (Å²) in [6.45, 7) is 3.46. The Bertz CT molecular complexity index is 1010. The molecule has 0 unspecified atom stereocenters. The van der Waals surface area contributed by atoms with Gasteiger partial charge in [0, 0.05) is 5.02 Å². The van der Waals surface area contributed by atoms with E-state index < -0.39 is 20.0 Å². The summed E-state index contributed by atoms with van der Waals surface area (Å²) in [7, 11) is -7.73. The van der Waals surface area contributed by atoms with Crippen molar-refractivity contribution in [3.05, 3.63) is 47.5 Å². The molecule has 26 heavy (non-hydrogen) atoms. The highest BCUT2D eigenvalue weighted by atomic mass is 35.5. The van der Waals surface area contributed by atoms with Crippen molar-refractivity contribution >= 4 is 43.0 Å². The van der Waals surface area contributed by atoms with Crippen molar-refractivity contribution in [2.45, 2.75) is 18.7 Å². The van der Waals surface area contributed by atoms with Gasteiger partial charge in [0.25, 0.3) is 10.0 Å². The van der Waals surface area contributed by atoms with Gasteiger partial charge in [-0.15, -0.1) is 0 Å². The number of aromatic hydroxyl groups is 1. The Labute approximate surface area is 158 Å². The van der Waals surface area contributed by atoms with Crippen LogP contribution in [0.1, 0.15) is 13.8 Å². The summed E-state index contributed by atoms with van der Waals surface area (Å²) in [5.41, 5.74) is 0.0483. The fraction of sp³-hybridized carbons (Fsp3) is 0.250. The van der Waals surface area contributed by atoms with Crippen LogP contribution in [0.2, 0.25) is 5.02 Å². The van der Waals surface area contributed by atoms with Crippen molar-refractivity contribution in [3.63, 3.8) is 0 Å². The van der Waals surface area contributed by atoms with E-state index in [2.05, 4.69) is 9.44 Å². The zero-order chi connectivity index (χ0) is 19.5. The van der Waals surface area contributed by atoms with Gasteiger partial charge in [-0.25, -0.2) is 16.8 Å². The molecule has 2 rings (SSSR count). The van der Waals surface area contributed by atoms with Gasteiger partial charge in [-0.05, 0) is 42.3 Å². The van der Waals surface area contributed by atoms with E-state index in [1.807, 2.05) is 0 Å². The molecule has 0 atom stereocenters. The monoisotopic (exact) mass is 418 g/mol. The lowest BCUT2D eigenvalue weighted by atomic mass is 10.3. The molecule has 7 nitrogen and oxygen atoms in total. The van der Waals surface area contributed by atoms with Crippen LogP contribution in [-0.2, 0) is 20.0 Å². The molecule has 0 bridgehead atoms. The van der Waals surface area contributed by atoms with Crippen LogP contribution in [0.4, 0.5) is 11.4 Å². The molecule has 0 aromatic heterocycles. The van der Waals surface area contributed by atoms with Crippen LogP contribution >= 0.6 is 11.6 Å². The van der Waals surface area contributed by atoms with Crippen molar-refractivity contribution in [3.8, 4) is 5.75 Å². The number of halogens is 1. The molecule has 2 aromatic carbocycles. The lowest BCUT2D eigenvalue weighted by molar-refractivity contribution is 0.477. The van der Waals surface area contributed by atoms with Crippen LogP contribution in [0, 0.1) is 5.92 Å². The predicted octanol–water partition coefficient (Wildman–Crippen LogP) is 3.24. The van der Waals surface area contributed by atoms with E-state index in [9.17, 15) is 21.9 Å². The molecule has 2 aromatic rings. The van der Waals surface area contributed by atoms with Gasteiger partial charge in [-0.3, -0.25) is 9.44 Å². The molecule has 0 aliphatic rings. The van der Waals surface area contributed by atoms with E-state index in [4.69, 9.17) is 11.6 Å². The van der Waals surface area contributed by atoms with Gasteiger partial charge in [-0.2, -0.15) is 0 Å². The first-order valence-corrected chi connectivity index (χ1v) is 11.1. The Morgan fingerprint density at radius 2 is 1.73 bits per heavy atom. The Kier molecular flexibility index (Phi) is 6.05. The molecule has 0 saturated heterocycles. The van der Waals surface area contributed by atoms with Gasteiger partial charge in [0.05, 0.1) is 22.0 Å². The number of hydrogen-bond donors (Lipinski definition) is 3. The van der Waals surface area contributed by atoms with Crippen molar-refractivity contribution in [1.29, 1.82) is 0 Å². The molecule has 0 aliphatic carbocycles. The highest BCUT2D eigenvalue weighted by Gasteiger charge is 2.20. The third-order valence-electron chi connectivity index (χ3n) is 3.17. The van der Waals surface area contributed by atoms with Gasteiger partial charge in [0.1, 0.15) is 5.75 Å². The molecule has 142 valence electrons. The second-order valence-corrected chi connectivity index (χ2v) is 9.96. The van der Waals surface area contributed by atoms with E-state index in [1.165, 1.54) is 18.2 Å². The second-order valence-electron chi connectivity index (χ2n) is 6.07. The molecule has 10 heteroatoms. The number of benzene rings is 2. The van der Waals surface area contributed by atoms with Gasteiger partial charge in [-0.1, -0.05) is 31.5 Å². The molecule has 0 spiro atoms. The summed E-state index contributed by atoms with van der Waals surface area (Å²) < 4.78 is 53.7. The molecular formula is C16H19ClN2O5S2. The lowest BCUT2D eigenvalue weighted by Crippen LogP contribution is -2.20. The average Bonchev–Trinajstić information content (AvgIpc) is 2.47. The zero-order valence-corrected chi connectivity index (χ0v) is 16.5. The van der Waals surface area contributed by atoms with Crippen LogP contribution < -0.4 is 9.44 Å². The number of nitrogens with one attached hydrogen (secondary N) is 2. The van der Waals surface area contributed by atoms with E-state index >= 15 is 0 Å². The Hall–Kier alpha value is -1.97. The fourth-order valence-electron chi connectivity index (χ4n) is 2.18. The minimum Gasteiger partial charge on any atom is -0.506 e. The SMILES string of the molecule is CC(C)CS(=O)(=O)Nc1cc(S(=O)(=O)Nc2cccc(Cl)c2)ccc1O. The predicted molar refractivity (Wildman–Crippen MR) is 103 cm³/mol. The maximum absolute atomic E-state index is 12.5. The number of sulfonamides is 2. The van der Waals surface area contributed by atoms with E-state index in [1.54, 1.807) is 26.0 Å². The number of rotatable bonds is 7. The molecule has 0 amide bonds. The van der Waals surface area contributed by atoms with Gasteiger partial charge < -0.3 is 5.11 Å². The highest BCUT2D eigenvalue weighted by Crippen LogP contribution is 2.29. The number of phenolic OH excluding ortho intramolecular Hbond substituents is 1. The average molecular weight is 419 g/mol.